The lowest BCUT2D eigenvalue weighted by Crippen LogP contribution is -2.47. The molecule has 2 aliphatic rings. The Morgan fingerprint density at radius 3 is 2.62 bits per heavy atom. The summed E-state index contributed by atoms with van der Waals surface area (Å²) < 4.78 is 14.2. The van der Waals surface area contributed by atoms with Crippen molar-refractivity contribution in [2.75, 3.05) is 6.54 Å². The highest BCUT2D eigenvalue weighted by Crippen LogP contribution is 2.42. The van der Waals surface area contributed by atoms with E-state index in [0.29, 0.717) is 18.0 Å². The molecule has 3 N–H and O–H groups in total. The number of carbonyl (C=O) groups is 1. The van der Waals surface area contributed by atoms with Gasteiger partial charge in [0.25, 0.3) is 0 Å². The summed E-state index contributed by atoms with van der Waals surface area (Å²) in [6, 6.07) is 6.71. The van der Waals surface area contributed by atoms with Gasteiger partial charge in [-0.1, -0.05) is 31.0 Å². The molecule has 114 valence electrons. The fraction of sp³-hybridized carbons (Fsp3) is 0.588. The molecule has 21 heavy (non-hydrogen) atoms. The minimum absolute atomic E-state index is 0.0352. The third kappa shape index (κ3) is 2.82. The van der Waals surface area contributed by atoms with Gasteiger partial charge in [-0.25, -0.2) is 4.39 Å². The molecule has 1 aromatic carbocycles. The monoisotopic (exact) mass is 290 g/mol. The first-order valence-electron chi connectivity index (χ1n) is 7.92. The van der Waals surface area contributed by atoms with Gasteiger partial charge in [0.05, 0.1) is 5.41 Å². The molecule has 1 unspecified atom stereocenters. The van der Waals surface area contributed by atoms with Crippen LogP contribution in [0.2, 0.25) is 0 Å². The number of rotatable bonds is 5. The lowest BCUT2D eigenvalue weighted by Gasteiger charge is -2.29. The topological polar surface area (TPSA) is 55.1 Å². The van der Waals surface area contributed by atoms with Crippen LogP contribution in [-0.2, 0) is 10.2 Å². The van der Waals surface area contributed by atoms with Crippen molar-refractivity contribution in [2.24, 2.45) is 11.7 Å². The molecule has 1 atom stereocenters. The third-order valence-electron chi connectivity index (χ3n) is 5.01. The lowest BCUT2D eigenvalue weighted by atomic mass is 9.77. The zero-order valence-corrected chi connectivity index (χ0v) is 12.3. The van der Waals surface area contributed by atoms with E-state index in [9.17, 15) is 9.18 Å². The maximum atomic E-state index is 14.2. The van der Waals surface area contributed by atoms with Crippen LogP contribution in [0.15, 0.2) is 24.3 Å². The van der Waals surface area contributed by atoms with E-state index in [-0.39, 0.29) is 17.8 Å². The van der Waals surface area contributed by atoms with Gasteiger partial charge >= 0.3 is 0 Å². The number of amides is 1. The summed E-state index contributed by atoms with van der Waals surface area (Å²) in [6.07, 6.45) is 5.70. The van der Waals surface area contributed by atoms with Gasteiger partial charge in [0, 0.05) is 18.2 Å². The van der Waals surface area contributed by atoms with Crippen molar-refractivity contribution in [1.82, 2.24) is 5.32 Å². The Bertz CT molecular complexity index is 521. The molecule has 4 heteroatoms. The maximum Gasteiger partial charge on any atom is 0.230 e. The first-order chi connectivity index (χ1) is 10.1. The molecule has 0 heterocycles. The van der Waals surface area contributed by atoms with E-state index in [1.165, 1.54) is 6.07 Å². The Balaban J connectivity index is 1.77. The van der Waals surface area contributed by atoms with E-state index in [0.717, 1.165) is 38.5 Å². The number of hydrogen-bond donors (Lipinski definition) is 2. The van der Waals surface area contributed by atoms with E-state index in [4.69, 9.17) is 5.73 Å². The fourth-order valence-electron chi connectivity index (χ4n) is 3.52. The smallest absolute Gasteiger partial charge is 0.230 e. The zero-order valence-electron chi connectivity index (χ0n) is 12.3. The number of carbonyl (C=O) groups excluding carboxylic acids is 1. The van der Waals surface area contributed by atoms with E-state index in [1.807, 2.05) is 6.07 Å². The van der Waals surface area contributed by atoms with Crippen molar-refractivity contribution in [2.45, 2.75) is 50.0 Å². The number of nitrogens with one attached hydrogen (secondary N) is 1. The van der Waals surface area contributed by atoms with Crippen LogP contribution in [0.1, 0.15) is 44.1 Å². The van der Waals surface area contributed by atoms with Gasteiger partial charge < -0.3 is 11.1 Å². The van der Waals surface area contributed by atoms with Crippen LogP contribution >= 0.6 is 0 Å². The van der Waals surface area contributed by atoms with Gasteiger partial charge in [0.2, 0.25) is 5.91 Å². The molecule has 2 aliphatic carbocycles. The van der Waals surface area contributed by atoms with Crippen molar-refractivity contribution in [3.63, 3.8) is 0 Å². The van der Waals surface area contributed by atoms with Crippen molar-refractivity contribution in [1.29, 1.82) is 0 Å². The van der Waals surface area contributed by atoms with Gasteiger partial charge in [0.15, 0.2) is 0 Å². The first-order valence-corrected chi connectivity index (χ1v) is 7.92. The van der Waals surface area contributed by atoms with Crippen LogP contribution in [0.25, 0.3) is 0 Å². The minimum Gasteiger partial charge on any atom is -0.354 e. The molecular formula is C17H23FN2O. The summed E-state index contributed by atoms with van der Waals surface area (Å²) in [6.45, 7) is 0.500. The van der Waals surface area contributed by atoms with Crippen LogP contribution in [0.5, 0.6) is 0 Å². The standard InChI is InChI=1S/C17H23FN2O/c18-14-6-2-1-5-13(14)17(9-3-4-10-17)16(21)20-11-15(19)12-7-8-12/h1-2,5-6,12,15H,3-4,7-11,19H2,(H,20,21). The van der Waals surface area contributed by atoms with E-state index in [2.05, 4.69) is 5.32 Å². The molecule has 2 saturated carbocycles. The third-order valence-corrected chi connectivity index (χ3v) is 5.01. The Morgan fingerprint density at radius 2 is 2.00 bits per heavy atom. The molecule has 1 amide bonds. The van der Waals surface area contributed by atoms with Crippen molar-refractivity contribution >= 4 is 5.91 Å². The van der Waals surface area contributed by atoms with E-state index < -0.39 is 5.41 Å². The van der Waals surface area contributed by atoms with Crippen LogP contribution < -0.4 is 11.1 Å². The van der Waals surface area contributed by atoms with Crippen molar-refractivity contribution in [3.05, 3.63) is 35.6 Å². The summed E-state index contributed by atoms with van der Waals surface area (Å²) >= 11 is 0. The Kier molecular flexibility index (Phi) is 3.98. The predicted molar refractivity (Wildman–Crippen MR) is 80.3 cm³/mol. The van der Waals surface area contributed by atoms with Crippen LogP contribution in [-0.4, -0.2) is 18.5 Å². The van der Waals surface area contributed by atoms with Gasteiger partial charge in [0.1, 0.15) is 5.82 Å². The molecule has 3 rings (SSSR count). The highest BCUT2D eigenvalue weighted by Gasteiger charge is 2.44. The summed E-state index contributed by atoms with van der Waals surface area (Å²) in [5, 5.41) is 2.98. The minimum atomic E-state index is -0.700. The van der Waals surface area contributed by atoms with Crippen molar-refractivity contribution < 1.29 is 9.18 Å². The Morgan fingerprint density at radius 1 is 1.33 bits per heavy atom. The van der Waals surface area contributed by atoms with E-state index in [1.54, 1.807) is 12.1 Å². The van der Waals surface area contributed by atoms with Crippen LogP contribution in [0.4, 0.5) is 4.39 Å². The van der Waals surface area contributed by atoms with Crippen LogP contribution in [0.3, 0.4) is 0 Å². The Labute approximate surface area is 125 Å². The Hall–Kier alpha value is -1.42. The predicted octanol–water partition coefficient (Wildman–Crippen LogP) is 2.49. The van der Waals surface area contributed by atoms with E-state index >= 15 is 0 Å². The lowest BCUT2D eigenvalue weighted by molar-refractivity contribution is -0.126. The molecule has 0 aromatic heterocycles. The van der Waals surface area contributed by atoms with Gasteiger partial charge in [-0.15, -0.1) is 0 Å². The largest absolute Gasteiger partial charge is 0.354 e. The number of halogens is 1. The molecule has 1 aromatic rings. The molecule has 0 radical (unpaired) electrons. The summed E-state index contributed by atoms with van der Waals surface area (Å²) in [7, 11) is 0. The zero-order chi connectivity index (χ0) is 14.9. The number of nitrogens with two attached hydrogens (primary N) is 1. The molecule has 0 bridgehead atoms. The average molecular weight is 290 g/mol. The quantitative estimate of drug-likeness (QED) is 0.875. The van der Waals surface area contributed by atoms with Gasteiger partial charge in [-0.2, -0.15) is 0 Å². The normalized spacial score (nSPS) is 22.0. The second-order valence-corrected chi connectivity index (χ2v) is 6.48. The SMILES string of the molecule is NC(CNC(=O)C1(c2ccccc2F)CCCC1)C1CC1. The van der Waals surface area contributed by atoms with Gasteiger partial charge in [-0.3, -0.25) is 4.79 Å². The molecule has 0 spiro atoms. The summed E-state index contributed by atoms with van der Waals surface area (Å²) in [5.41, 5.74) is 5.89. The maximum absolute atomic E-state index is 14.2. The van der Waals surface area contributed by atoms with Crippen LogP contribution in [0, 0.1) is 11.7 Å². The first kappa shape index (κ1) is 14.5. The summed E-state index contributed by atoms with van der Waals surface area (Å²) in [4.78, 5) is 12.7. The molecule has 0 aliphatic heterocycles. The second-order valence-electron chi connectivity index (χ2n) is 6.48. The fourth-order valence-corrected chi connectivity index (χ4v) is 3.52. The summed E-state index contributed by atoms with van der Waals surface area (Å²) in [5.74, 6) is 0.223. The van der Waals surface area contributed by atoms with Crippen molar-refractivity contribution in [3.8, 4) is 0 Å². The molecular weight excluding hydrogens is 267 g/mol. The van der Waals surface area contributed by atoms with Gasteiger partial charge in [-0.05, 0) is 37.7 Å². The molecule has 2 fully saturated rings. The number of hydrogen-bond acceptors (Lipinski definition) is 2. The highest BCUT2D eigenvalue weighted by atomic mass is 19.1. The molecule has 0 saturated heterocycles. The molecule has 3 nitrogen and oxygen atoms in total. The second kappa shape index (κ2) is 5.76. The average Bonchev–Trinajstić information content (AvgIpc) is 3.23. The number of benzene rings is 1. The highest BCUT2D eigenvalue weighted by molar-refractivity contribution is 5.88.